The molecule has 0 saturated heterocycles. The van der Waals surface area contributed by atoms with Crippen molar-refractivity contribution in [2.24, 2.45) is 0 Å². The summed E-state index contributed by atoms with van der Waals surface area (Å²) >= 11 is 0. The van der Waals surface area contributed by atoms with Gasteiger partial charge < -0.3 is 19.0 Å². The summed E-state index contributed by atoms with van der Waals surface area (Å²) in [4.78, 5) is 26.2. The first kappa shape index (κ1) is 20.1. The second kappa shape index (κ2) is 7.70. The number of nitriles is 1. The van der Waals surface area contributed by atoms with Gasteiger partial charge in [-0.15, -0.1) is 0 Å². The van der Waals surface area contributed by atoms with Crippen LogP contribution in [0.4, 0.5) is 0 Å². The Hall–Kier alpha value is -4.83. The maximum absolute atomic E-state index is 13.1. The highest BCUT2D eigenvalue weighted by atomic mass is 16.4. The van der Waals surface area contributed by atoms with Gasteiger partial charge in [0, 0.05) is 0 Å². The van der Waals surface area contributed by atoms with Gasteiger partial charge in [-0.1, -0.05) is 42.5 Å². The molecule has 2 aromatic heterocycles. The van der Waals surface area contributed by atoms with Crippen molar-refractivity contribution in [3.05, 3.63) is 116 Å². The van der Waals surface area contributed by atoms with Crippen LogP contribution in [0, 0.1) is 11.3 Å². The van der Waals surface area contributed by atoms with Gasteiger partial charge >= 0.3 is 11.3 Å². The second-order valence-electron chi connectivity index (χ2n) is 7.43. The summed E-state index contributed by atoms with van der Waals surface area (Å²) in [5.41, 5.74) is -1.68. The van der Waals surface area contributed by atoms with Crippen LogP contribution in [0.1, 0.15) is 28.2 Å². The largest absolute Gasteiger partial charge is 0.507 e. The third-order valence-corrected chi connectivity index (χ3v) is 5.61. The van der Waals surface area contributed by atoms with Crippen LogP contribution in [-0.4, -0.2) is 10.2 Å². The van der Waals surface area contributed by atoms with E-state index in [2.05, 4.69) is 0 Å². The van der Waals surface area contributed by atoms with Crippen LogP contribution < -0.4 is 11.3 Å². The van der Waals surface area contributed by atoms with E-state index in [-0.39, 0.29) is 44.2 Å². The Bertz CT molecular complexity index is 1610. The smallest absolute Gasteiger partial charge is 0.344 e. The maximum atomic E-state index is 13.1. The second-order valence-corrected chi connectivity index (χ2v) is 7.43. The van der Waals surface area contributed by atoms with Crippen molar-refractivity contribution in [3.63, 3.8) is 0 Å². The van der Waals surface area contributed by atoms with Gasteiger partial charge in [-0.3, -0.25) is 0 Å². The number of hydrogen-bond acceptors (Lipinski definition) is 7. The molecule has 0 radical (unpaired) electrons. The quantitative estimate of drug-likeness (QED) is 0.402. The summed E-state index contributed by atoms with van der Waals surface area (Å²) < 4.78 is 10.9. The monoisotopic (exact) mass is 437 g/mol. The molecule has 0 aliphatic carbocycles. The van der Waals surface area contributed by atoms with Crippen molar-refractivity contribution < 1.29 is 19.0 Å². The average Bonchev–Trinajstić information content (AvgIpc) is 2.83. The summed E-state index contributed by atoms with van der Waals surface area (Å²) in [5, 5.41) is 32.4. The third-order valence-electron chi connectivity index (χ3n) is 5.61. The zero-order chi connectivity index (χ0) is 23.1. The molecule has 2 N–H and O–H groups in total. The predicted octanol–water partition coefficient (Wildman–Crippen LogP) is 4.36. The fourth-order valence-corrected chi connectivity index (χ4v) is 4.11. The topological polar surface area (TPSA) is 125 Å². The molecule has 0 spiro atoms. The maximum Gasteiger partial charge on any atom is 0.344 e. The number of fused-ring (bicyclic) bond motifs is 2. The van der Waals surface area contributed by atoms with Gasteiger partial charge in [0.25, 0.3) is 0 Å². The Labute approximate surface area is 186 Å². The number of benzene rings is 3. The number of nitrogens with zero attached hydrogens (tertiary/aromatic N) is 1. The van der Waals surface area contributed by atoms with Crippen molar-refractivity contribution in [1.82, 2.24) is 0 Å². The van der Waals surface area contributed by atoms with E-state index < -0.39 is 28.7 Å². The third kappa shape index (κ3) is 3.13. The van der Waals surface area contributed by atoms with Crippen LogP contribution in [0.5, 0.6) is 11.5 Å². The number of para-hydroxylation sites is 2. The van der Waals surface area contributed by atoms with Crippen molar-refractivity contribution in [3.8, 4) is 17.6 Å². The number of rotatable bonds is 3. The zero-order valence-electron chi connectivity index (χ0n) is 17.0. The molecule has 7 heteroatoms. The van der Waals surface area contributed by atoms with E-state index >= 15 is 0 Å². The molecule has 5 rings (SSSR count). The molecule has 0 bridgehead atoms. The Kier molecular flexibility index (Phi) is 4.69. The Morgan fingerprint density at radius 3 is 1.67 bits per heavy atom. The van der Waals surface area contributed by atoms with Crippen LogP contribution in [-0.2, 0) is 0 Å². The fraction of sp³-hybridized carbons (Fsp3) is 0.0385. The average molecular weight is 437 g/mol. The van der Waals surface area contributed by atoms with Crippen molar-refractivity contribution >= 4 is 21.9 Å². The summed E-state index contributed by atoms with van der Waals surface area (Å²) in [6, 6.07) is 21.2. The number of aromatic hydroxyl groups is 2. The molecular weight excluding hydrogens is 422 g/mol. The molecular formula is C26H15NO6. The minimum Gasteiger partial charge on any atom is -0.507 e. The van der Waals surface area contributed by atoms with Crippen molar-refractivity contribution in [2.45, 2.75) is 5.92 Å². The van der Waals surface area contributed by atoms with Crippen molar-refractivity contribution in [2.75, 3.05) is 0 Å². The molecule has 0 amide bonds. The first-order chi connectivity index (χ1) is 16.0. The van der Waals surface area contributed by atoms with Crippen LogP contribution >= 0.6 is 0 Å². The lowest BCUT2D eigenvalue weighted by atomic mass is 9.82. The first-order valence-electron chi connectivity index (χ1n) is 9.99. The fourth-order valence-electron chi connectivity index (χ4n) is 4.11. The summed E-state index contributed by atoms with van der Waals surface area (Å²) in [5.74, 6) is -2.15. The molecule has 5 aromatic rings. The van der Waals surface area contributed by atoms with Crippen molar-refractivity contribution in [1.29, 1.82) is 5.26 Å². The van der Waals surface area contributed by atoms with E-state index in [1.807, 2.05) is 6.07 Å². The SMILES string of the molecule is N#Cc1ccccc1C(c1c(O)c2ccccc2oc1=O)c1c(O)c2ccccc2oc1=O. The van der Waals surface area contributed by atoms with E-state index in [1.165, 1.54) is 18.2 Å². The van der Waals surface area contributed by atoms with Crippen LogP contribution in [0.25, 0.3) is 21.9 Å². The minimum absolute atomic E-state index is 0.154. The molecule has 0 aliphatic heterocycles. The lowest BCUT2D eigenvalue weighted by Crippen LogP contribution is -2.22. The lowest BCUT2D eigenvalue weighted by molar-refractivity contribution is 0.441. The standard InChI is InChI=1S/C26H15NO6/c27-13-14-7-1-2-8-15(14)20(21-23(28)16-9-3-5-11-18(16)32-25(21)30)22-24(29)17-10-4-6-12-19(17)33-26(22)31/h1-12,20,28-29H. The van der Waals surface area contributed by atoms with Gasteiger partial charge in [-0.05, 0) is 35.9 Å². The lowest BCUT2D eigenvalue weighted by Gasteiger charge is -2.20. The van der Waals surface area contributed by atoms with Crippen LogP contribution in [0.15, 0.2) is 91.2 Å². The summed E-state index contributed by atoms with van der Waals surface area (Å²) in [6.45, 7) is 0. The number of hydrogen-bond donors (Lipinski definition) is 2. The molecule has 0 unspecified atom stereocenters. The first-order valence-corrected chi connectivity index (χ1v) is 9.99. The summed E-state index contributed by atoms with van der Waals surface area (Å²) in [6.07, 6.45) is 0. The molecule has 0 atom stereocenters. The zero-order valence-corrected chi connectivity index (χ0v) is 17.0. The van der Waals surface area contributed by atoms with E-state index in [1.54, 1.807) is 54.6 Å². The molecule has 0 aliphatic rings. The molecule has 0 fully saturated rings. The minimum atomic E-state index is -1.33. The van der Waals surface area contributed by atoms with E-state index in [0.29, 0.717) is 0 Å². The highest BCUT2D eigenvalue weighted by Crippen LogP contribution is 2.42. The molecule has 0 saturated carbocycles. The van der Waals surface area contributed by atoms with Gasteiger partial charge in [0.05, 0.1) is 39.4 Å². The van der Waals surface area contributed by atoms with Gasteiger partial charge in [-0.2, -0.15) is 5.26 Å². The Morgan fingerprint density at radius 2 is 1.15 bits per heavy atom. The summed E-state index contributed by atoms with van der Waals surface area (Å²) in [7, 11) is 0. The predicted molar refractivity (Wildman–Crippen MR) is 120 cm³/mol. The van der Waals surface area contributed by atoms with Gasteiger partial charge in [0.1, 0.15) is 22.7 Å². The molecule has 3 aromatic carbocycles. The van der Waals surface area contributed by atoms with Crippen LogP contribution in [0.3, 0.4) is 0 Å². The Balaban J connectivity index is 1.95. The normalized spacial score (nSPS) is 11.2. The highest BCUT2D eigenvalue weighted by molar-refractivity contribution is 5.87. The molecule has 33 heavy (non-hydrogen) atoms. The van der Waals surface area contributed by atoms with E-state index in [4.69, 9.17) is 8.83 Å². The molecule has 2 heterocycles. The van der Waals surface area contributed by atoms with Crippen LogP contribution in [0.2, 0.25) is 0 Å². The molecule has 7 nitrogen and oxygen atoms in total. The van der Waals surface area contributed by atoms with E-state index in [0.717, 1.165) is 0 Å². The van der Waals surface area contributed by atoms with Gasteiger partial charge in [0.15, 0.2) is 0 Å². The van der Waals surface area contributed by atoms with Gasteiger partial charge in [0.2, 0.25) is 0 Å². The molecule has 160 valence electrons. The van der Waals surface area contributed by atoms with Gasteiger partial charge in [-0.25, -0.2) is 9.59 Å². The Morgan fingerprint density at radius 1 is 0.697 bits per heavy atom. The highest BCUT2D eigenvalue weighted by Gasteiger charge is 2.33. The van der Waals surface area contributed by atoms with E-state index in [9.17, 15) is 25.1 Å².